The number of para-hydroxylation sites is 1. The topological polar surface area (TPSA) is 53.9 Å². The van der Waals surface area contributed by atoms with Crippen LogP contribution >= 0.6 is 11.3 Å². The number of nitrogens with one attached hydrogen (secondary N) is 1. The number of nitrogens with zero attached hydrogens (tertiary/aromatic N) is 3. The second-order valence-corrected chi connectivity index (χ2v) is 10.7. The van der Waals surface area contributed by atoms with E-state index in [2.05, 4.69) is 74.5 Å². The fraction of sp³-hybridized carbons (Fsp3) is 0.531. The van der Waals surface area contributed by atoms with E-state index in [4.69, 9.17) is 0 Å². The Balaban J connectivity index is 0.000000534. The molecule has 1 aromatic carbocycles. The number of allylic oxidation sites excluding steroid dienone is 2. The van der Waals surface area contributed by atoms with Crippen molar-refractivity contribution in [2.75, 3.05) is 0 Å². The van der Waals surface area contributed by atoms with Gasteiger partial charge in [0.15, 0.2) is 0 Å². The minimum Gasteiger partial charge on any atom is -0.348 e. The number of hydrogen-bond acceptors (Lipinski definition) is 4. The molecular weight excluding hydrogens is 491 g/mol. The molecule has 3 aromatic rings. The molecule has 6 heteroatoms. The Morgan fingerprint density at radius 3 is 2.29 bits per heavy atom. The van der Waals surface area contributed by atoms with Gasteiger partial charge in [-0.2, -0.15) is 0 Å². The van der Waals surface area contributed by atoms with E-state index >= 15 is 0 Å². The summed E-state index contributed by atoms with van der Waals surface area (Å²) < 4.78 is 12.9. The molecule has 0 aliphatic heterocycles. The average molecular weight is 543 g/mol. The molecule has 0 atom stereocenters. The van der Waals surface area contributed by atoms with E-state index in [1.807, 2.05) is 44.4 Å². The van der Waals surface area contributed by atoms with Gasteiger partial charge in [-0.1, -0.05) is 86.4 Å². The summed E-state index contributed by atoms with van der Waals surface area (Å²) in [6.45, 7) is 22.9. The molecule has 3 rings (SSSR count). The van der Waals surface area contributed by atoms with Crippen LogP contribution in [-0.2, 0) is 18.3 Å². The maximum atomic E-state index is 12.9. The maximum absolute atomic E-state index is 12.9. The fourth-order valence-corrected chi connectivity index (χ4v) is 4.27. The molecule has 0 unspecified atom stereocenters. The van der Waals surface area contributed by atoms with Gasteiger partial charge in [0.25, 0.3) is 0 Å². The van der Waals surface area contributed by atoms with Crippen molar-refractivity contribution in [3.05, 3.63) is 69.5 Å². The van der Waals surface area contributed by atoms with Gasteiger partial charge in [-0.15, -0.1) is 11.3 Å². The molecule has 0 aliphatic carbocycles. The zero-order chi connectivity index (χ0) is 29.1. The Bertz CT molecular complexity index is 1070. The number of thiazole rings is 1. The molecule has 2 heterocycles. The van der Waals surface area contributed by atoms with Crippen molar-refractivity contribution in [1.82, 2.24) is 15.0 Å². The molecule has 38 heavy (non-hydrogen) atoms. The summed E-state index contributed by atoms with van der Waals surface area (Å²) in [7, 11) is 0. The SMILES string of the molecule is CC.CC=Nc1c(C)cccc1F.CCC/C=C(/C)c1cnc(C(C)(C)C)s1.CCCc1[nH]cnc1CC. The van der Waals surface area contributed by atoms with E-state index in [9.17, 15) is 4.39 Å². The molecule has 0 radical (unpaired) electrons. The first-order valence-electron chi connectivity index (χ1n) is 14.0. The first-order valence-corrected chi connectivity index (χ1v) is 14.8. The van der Waals surface area contributed by atoms with Crippen molar-refractivity contribution in [3.63, 3.8) is 0 Å². The number of aliphatic imine (C=N–C) groups is 1. The summed E-state index contributed by atoms with van der Waals surface area (Å²) in [6, 6.07) is 4.93. The first-order chi connectivity index (χ1) is 18.1. The lowest BCUT2D eigenvalue weighted by Crippen LogP contribution is -2.09. The van der Waals surface area contributed by atoms with E-state index in [1.165, 1.54) is 45.8 Å². The standard InChI is InChI=1S/C13H21NS.C9H10FN.C8H14N2.C2H6/c1-6-7-8-10(2)11-9-14-12(15-11)13(3,4)5;1-3-11-9-7(2)5-4-6-8(9)10;1-3-5-8-7(4-2)9-6-10-8;1-2/h8-9H,6-7H2,1-5H3;3-6H,1-2H3;6H,3-5H2,1-2H3,(H,9,10);1-2H3/b10-8-;;;. The largest absolute Gasteiger partial charge is 0.348 e. The Morgan fingerprint density at radius 2 is 1.79 bits per heavy atom. The number of imidazole rings is 1. The smallest absolute Gasteiger partial charge is 0.149 e. The third-order valence-electron chi connectivity index (χ3n) is 5.36. The molecule has 0 saturated carbocycles. The number of benzene rings is 1. The Hall–Kier alpha value is -2.60. The molecule has 0 aliphatic rings. The summed E-state index contributed by atoms with van der Waals surface area (Å²) in [4.78, 5) is 17.1. The lowest BCUT2D eigenvalue weighted by Gasteiger charge is -2.13. The van der Waals surface area contributed by atoms with Gasteiger partial charge in [-0.05, 0) is 57.2 Å². The monoisotopic (exact) mass is 542 g/mol. The molecule has 0 fully saturated rings. The number of hydrogen-bond donors (Lipinski definition) is 1. The van der Waals surface area contributed by atoms with E-state index in [-0.39, 0.29) is 11.2 Å². The highest BCUT2D eigenvalue weighted by atomic mass is 32.1. The second kappa shape index (κ2) is 19.5. The van der Waals surface area contributed by atoms with E-state index in [0.29, 0.717) is 5.69 Å². The first kappa shape index (κ1) is 35.4. The van der Waals surface area contributed by atoms with Crippen LogP contribution in [-0.4, -0.2) is 21.2 Å². The van der Waals surface area contributed by atoms with E-state index in [1.54, 1.807) is 25.5 Å². The third kappa shape index (κ3) is 12.8. The number of aryl methyl sites for hydroxylation is 3. The number of rotatable bonds is 7. The second-order valence-electron chi connectivity index (χ2n) is 9.68. The van der Waals surface area contributed by atoms with Crippen LogP contribution in [0.15, 0.2) is 41.8 Å². The lowest BCUT2D eigenvalue weighted by molar-refractivity contribution is 0.585. The number of aromatic amines is 1. The molecular formula is C32H51FN4S. The van der Waals surface area contributed by atoms with E-state index < -0.39 is 0 Å². The van der Waals surface area contributed by atoms with Crippen LogP contribution in [0.2, 0.25) is 0 Å². The molecule has 0 saturated heterocycles. The lowest BCUT2D eigenvalue weighted by atomic mass is 9.98. The van der Waals surface area contributed by atoms with Gasteiger partial charge in [0.05, 0.1) is 17.0 Å². The third-order valence-corrected chi connectivity index (χ3v) is 6.92. The van der Waals surface area contributed by atoms with Crippen LogP contribution < -0.4 is 0 Å². The highest BCUT2D eigenvalue weighted by Crippen LogP contribution is 2.30. The molecule has 212 valence electrons. The Labute approximate surface area is 236 Å². The normalized spacial score (nSPS) is 11.2. The van der Waals surface area contributed by atoms with Crippen LogP contribution in [0.1, 0.15) is 115 Å². The Kier molecular flexibility index (Phi) is 18.1. The highest BCUT2D eigenvalue weighted by Gasteiger charge is 2.18. The number of unbranched alkanes of at least 4 members (excludes halogenated alkanes) is 1. The molecule has 1 N–H and O–H groups in total. The van der Waals surface area contributed by atoms with Crippen molar-refractivity contribution in [2.24, 2.45) is 4.99 Å². The van der Waals surface area contributed by atoms with Crippen molar-refractivity contribution in [3.8, 4) is 0 Å². The van der Waals surface area contributed by atoms with Crippen LogP contribution in [0.5, 0.6) is 0 Å². The minimum absolute atomic E-state index is 0.175. The van der Waals surface area contributed by atoms with Crippen molar-refractivity contribution >= 4 is 28.8 Å². The average Bonchev–Trinajstić information content (AvgIpc) is 3.57. The van der Waals surface area contributed by atoms with Gasteiger partial charge >= 0.3 is 0 Å². The quantitative estimate of drug-likeness (QED) is 0.302. The summed E-state index contributed by atoms with van der Waals surface area (Å²) in [5, 5.41) is 1.22. The molecule has 2 aromatic heterocycles. The number of halogens is 1. The van der Waals surface area contributed by atoms with Gasteiger partial charge in [0.1, 0.15) is 11.5 Å². The predicted molar refractivity (Wildman–Crippen MR) is 168 cm³/mol. The number of H-pyrrole nitrogens is 1. The fourth-order valence-electron chi connectivity index (χ4n) is 3.30. The summed E-state index contributed by atoms with van der Waals surface area (Å²) in [6.07, 6.45) is 13.4. The maximum Gasteiger partial charge on any atom is 0.149 e. The summed E-state index contributed by atoms with van der Waals surface area (Å²) >= 11 is 1.82. The van der Waals surface area contributed by atoms with Crippen molar-refractivity contribution in [1.29, 1.82) is 0 Å². The summed E-state index contributed by atoms with van der Waals surface area (Å²) in [5.41, 5.74) is 5.38. The van der Waals surface area contributed by atoms with Gasteiger partial charge in [0.2, 0.25) is 0 Å². The van der Waals surface area contributed by atoms with Crippen molar-refractivity contribution in [2.45, 2.75) is 114 Å². The van der Waals surface area contributed by atoms with Crippen molar-refractivity contribution < 1.29 is 4.39 Å². The van der Waals surface area contributed by atoms with Crippen LogP contribution in [0, 0.1) is 12.7 Å². The van der Waals surface area contributed by atoms with E-state index in [0.717, 1.165) is 24.8 Å². The van der Waals surface area contributed by atoms with Crippen LogP contribution in [0.4, 0.5) is 10.1 Å². The van der Waals surface area contributed by atoms with Gasteiger partial charge in [-0.25, -0.2) is 14.4 Å². The predicted octanol–water partition coefficient (Wildman–Crippen LogP) is 10.5. The molecule has 0 spiro atoms. The van der Waals surface area contributed by atoms with Crippen LogP contribution in [0.3, 0.4) is 0 Å². The highest BCUT2D eigenvalue weighted by molar-refractivity contribution is 7.12. The number of aromatic nitrogens is 3. The Morgan fingerprint density at radius 1 is 1.11 bits per heavy atom. The summed E-state index contributed by atoms with van der Waals surface area (Å²) in [5.74, 6) is -0.261. The van der Waals surface area contributed by atoms with Crippen LogP contribution in [0.25, 0.3) is 5.57 Å². The van der Waals surface area contributed by atoms with Gasteiger partial charge in [-0.3, -0.25) is 4.99 Å². The molecule has 0 bridgehead atoms. The minimum atomic E-state index is -0.261. The molecule has 4 nitrogen and oxygen atoms in total. The zero-order valence-electron chi connectivity index (χ0n) is 25.7. The van der Waals surface area contributed by atoms with Gasteiger partial charge < -0.3 is 4.98 Å². The molecule has 0 amide bonds. The van der Waals surface area contributed by atoms with Gasteiger partial charge in [0, 0.05) is 28.4 Å². The zero-order valence-corrected chi connectivity index (χ0v) is 26.5.